The molecule has 0 fully saturated rings. The molecule has 1 atom stereocenters. The van der Waals surface area contributed by atoms with Gasteiger partial charge in [-0.15, -0.1) is 0 Å². The van der Waals surface area contributed by atoms with Crippen LogP contribution in [0, 0.1) is 5.92 Å². The number of amides is 2. The largest absolute Gasteiger partial charge is 0.477 e. The number of likely N-dealkylation sites (N-methyl/N-ethyl adjacent to an activating group) is 2. The van der Waals surface area contributed by atoms with Crippen LogP contribution in [0.4, 0.5) is 4.79 Å². The molecule has 0 rings (SSSR count). The first kappa shape index (κ1) is 22.9. The van der Waals surface area contributed by atoms with E-state index in [0.717, 1.165) is 4.90 Å². The molecule has 0 spiro atoms. The number of ether oxygens (including phenoxy) is 1. The van der Waals surface area contributed by atoms with Gasteiger partial charge < -0.3 is 14.7 Å². The molecule has 0 heterocycles. The van der Waals surface area contributed by atoms with E-state index in [2.05, 4.69) is 0 Å². The molecule has 0 aliphatic rings. The smallest absolute Gasteiger partial charge is 0.410 e. The monoisotopic (exact) mass is 356 g/mol. The van der Waals surface area contributed by atoms with Crippen LogP contribution in [0.15, 0.2) is 11.3 Å². The van der Waals surface area contributed by atoms with Gasteiger partial charge in [0.15, 0.2) is 0 Å². The van der Waals surface area contributed by atoms with Gasteiger partial charge in [-0.3, -0.25) is 9.69 Å². The molecule has 0 aromatic rings. The lowest BCUT2D eigenvalue weighted by Gasteiger charge is -2.33. The molecule has 1 N–H and O–H groups in total. The third-order valence-corrected chi connectivity index (χ3v) is 3.47. The van der Waals surface area contributed by atoms with Crippen LogP contribution in [0.25, 0.3) is 0 Å². The maximum Gasteiger partial charge on any atom is 0.410 e. The van der Waals surface area contributed by atoms with Crippen molar-refractivity contribution in [2.45, 2.75) is 66.5 Å². The Balaban J connectivity index is 5.66. The summed E-state index contributed by atoms with van der Waals surface area (Å²) in [6.45, 7) is 12.4. The van der Waals surface area contributed by atoms with Crippen molar-refractivity contribution in [3.63, 3.8) is 0 Å². The fraction of sp³-hybridized carbons (Fsp3) is 0.722. The normalized spacial score (nSPS) is 12.4. The third kappa shape index (κ3) is 7.15. The minimum Gasteiger partial charge on any atom is -0.477 e. The van der Waals surface area contributed by atoms with E-state index < -0.39 is 29.6 Å². The van der Waals surface area contributed by atoms with Crippen LogP contribution in [0.3, 0.4) is 0 Å². The number of carbonyl (C=O) groups is 3. The number of carboxylic acid groups (broad SMARTS) is 1. The van der Waals surface area contributed by atoms with Gasteiger partial charge >= 0.3 is 12.1 Å². The molecule has 0 bridgehead atoms. The average molecular weight is 356 g/mol. The Kier molecular flexibility index (Phi) is 8.15. The van der Waals surface area contributed by atoms with Gasteiger partial charge in [-0.1, -0.05) is 13.8 Å². The first-order valence-electron chi connectivity index (χ1n) is 8.33. The maximum absolute atomic E-state index is 12.9. The van der Waals surface area contributed by atoms with Crippen LogP contribution in [-0.2, 0) is 14.3 Å². The molecular weight excluding hydrogens is 324 g/mol. The summed E-state index contributed by atoms with van der Waals surface area (Å²) in [5, 5.41) is 9.37. The number of hydrogen-bond acceptors (Lipinski definition) is 4. The highest BCUT2D eigenvalue weighted by molar-refractivity contribution is 5.95. The molecule has 0 saturated carbocycles. The van der Waals surface area contributed by atoms with E-state index in [9.17, 15) is 19.5 Å². The van der Waals surface area contributed by atoms with Crippen LogP contribution in [-0.4, -0.2) is 58.6 Å². The Bertz CT molecular complexity index is 542. The van der Waals surface area contributed by atoms with Gasteiger partial charge in [-0.05, 0) is 52.5 Å². The topological polar surface area (TPSA) is 87.2 Å². The molecule has 2 amide bonds. The number of rotatable bonds is 6. The summed E-state index contributed by atoms with van der Waals surface area (Å²) in [5.74, 6) is -1.51. The number of hydrogen-bond donors (Lipinski definition) is 1. The number of aliphatic carboxylic acids is 1. The van der Waals surface area contributed by atoms with Crippen LogP contribution in [0.5, 0.6) is 0 Å². The van der Waals surface area contributed by atoms with Gasteiger partial charge in [0.1, 0.15) is 17.3 Å². The second-order valence-corrected chi connectivity index (χ2v) is 7.79. The quantitative estimate of drug-likeness (QED) is 0.739. The van der Waals surface area contributed by atoms with Gasteiger partial charge in [0.2, 0.25) is 5.91 Å². The predicted octanol–water partition coefficient (Wildman–Crippen LogP) is 3.10. The molecule has 25 heavy (non-hydrogen) atoms. The minimum atomic E-state index is -1.18. The lowest BCUT2D eigenvalue weighted by molar-refractivity contribution is -0.141. The first-order valence-corrected chi connectivity index (χ1v) is 8.33. The molecule has 0 aliphatic carbocycles. The van der Waals surface area contributed by atoms with E-state index >= 15 is 0 Å². The molecule has 0 aromatic heterocycles. The van der Waals surface area contributed by atoms with Gasteiger partial charge in [-0.25, -0.2) is 9.59 Å². The Morgan fingerprint density at radius 3 is 1.88 bits per heavy atom. The number of carbonyl (C=O) groups excluding carboxylic acids is 2. The van der Waals surface area contributed by atoms with Crippen LogP contribution in [0.2, 0.25) is 0 Å². The van der Waals surface area contributed by atoms with Crippen molar-refractivity contribution < 1.29 is 24.2 Å². The Morgan fingerprint density at radius 2 is 1.56 bits per heavy atom. The summed E-state index contributed by atoms with van der Waals surface area (Å²) in [6.07, 6.45) is -0.219. The van der Waals surface area contributed by atoms with E-state index in [1.165, 1.54) is 19.0 Å². The summed E-state index contributed by atoms with van der Waals surface area (Å²) >= 11 is 0. The highest BCUT2D eigenvalue weighted by Crippen LogP contribution is 2.19. The molecule has 7 heteroatoms. The highest BCUT2D eigenvalue weighted by Gasteiger charge is 2.34. The second kappa shape index (κ2) is 8.87. The van der Waals surface area contributed by atoms with E-state index in [0.29, 0.717) is 12.0 Å². The van der Waals surface area contributed by atoms with Crippen molar-refractivity contribution in [2.24, 2.45) is 5.92 Å². The van der Waals surface area contributed by atoms with Crippen LogP contribution in [0.1, 0.15) is 54.9 Å². The summed E-state index contributed by atoms with van der Waals surface area (Å²) < 4.78 is 5.34. The standard InChI is InChI=1S/C18H32N2O5/c1-11(2)10-13(19(8)17(24)25-18(5,6)7)15(21)20(9)14(12(3)4)16(22)23/h11,13H,10H2,1-9H3,(H,22,23)/t13-/m0/s1. The van der Waals surface area contributed by atoms with E-state index in [1.807, 2.05) is 13.8 Å². The second-order valence-electron chi connectivity index (χ2n) is 7.79. The lowest BCUT2D eigenvalue weighted by Crippen LogP contribution is -2.50. The Labute approximate surface area is 150 Å². The molecule has 7 nitrogen and oxygen atoms in total. The van der Waals surface area contributed by atoms with Gasteiger partial charge in [0.25, 0.3) is 0 Å². The van der Waals surface area contributed by atoms with Crippen molar-refractivity contribution in [1.29, 1.82) is 0 Å². The first-order chi connectivity index (χ1) is 11.2. The molecule has 0 radical (unpaired) electrons. The fourth-order valence-electron chi connectivity index (χ4n) is 2.36. The summed E-state index contributed by atoms with van der Waals surface area (Å²) in [7, 11) is 2.91. The van der Waals surface area contributed by atoms with Gasteiger partial charge in [0, 0.05) is 14.1 Å². The van der Waals surface area contributed by atoms with E-state index in [-0.39, 0.29) is 11.6 Å². The zero-order valence-electron chi connectivity index (χ0n) is 16.8. The molecule has 0 saturated heterocycles. The zero-order valence-corrected chi connectivity index (χ0v) is 16.8. The van der Waals surface area contributed by atoms with E-state index in [1.54, 1.807) is 34.6 Å². The van der Waals surface area contributed by atoms with E-state index in [4.69, 9.17) is 4.74 Å². The van der Waals surface area contributed by atoms with Gasteiger partial charge in [-0.2, -0.15) is 0 Å². The SMILES string of the molecule is CC(C)=C(C(=O)O)N(C)C(=O)[C@H](CC(C)C)N(C)C(=O)OC(C)(C)C. The third-order valence-electron chi connectivity index (χ3n) is 3.47. The van der Waals surface area contributed by atoms with Crippen molar-refractivity contribution in [1.82, 2.24) is 9.80 Å². The summed E-state index contributed by atoms with van der Waals surface area (Å²) in [5.41, 5.74) is -0.266. The molecule has 0 aliphatic heterocycles. The maximum atomic E-state index is 12.9. The van der Waals surface area contributed by atoms with Crippen molar-refractivity contribution in [3.05, 3.63) is 11.3 Å². The number of carboxylic acids is 1. The van der Waals surface area contributed by atoms with Crippen molar-refractivity contribution in [3.8, 4) is 0 Å². The average Bonchev–Trinajstić information content (AvgIpc) is 2.40. The predicted molar refractivity (Wildman–Crippen MR) is 96.0 cm³/mol. The fourth-order valence-corrected chi connectivity index (χ4v) is 2.36. The van der Waals surface area contributed by atoms with Gasteiger partial charge in [0.05, 0.1) is 0 Å². The van der Waals surface area contributed by atoms with Crippen LogP contribution >= 0.6 is 0 Å². The molecule has 144 valence electrons. The number of allylic oxidation sites excluding steroid dienone is 1. The minimum absolute atomic E-state index is 0.0867. The lowest BCUT2D eigenvalue weighted by atomic mass is 10.0. The number of nitrogens with zero attached hydrogens (tertiary/aromatic N) is 2. The summed E-state index contributed by atoms with van der Waals surface area (Å²) in [4.78, 5) is 39.1. The highest BCUT2D eigenvalue weighted by atomic mass is 16.6. The zero-order chi connectivity index (χ0) is 20.1. The molecule has 0 aromatic carbocycles. The van der Waals surface area contributed by atoms with Crippen molar-refractivity contribution in [2.75, 3.05) is 14.1 Å². The van der Waals surface area contributed by atoms with Crippen LogP contribution < -0.4 is 0 Å². The Morgan fingerprint density at radius 1 is 1.08 bits per heavy atom. The Hall–Kier alpha value is -2.05. The summed E-state index contributed by atoms with van der Waals surface area (Å²) in [6, 6.07) is -0.812. The van der Waals surface area contributed by atoms with Crippen molar-refractivity contribution >= 4 is 18.0 Å². The molecular formula is C18H32N2O5. The molecule has 0 unspecified atom stereocenters.